The smallest absolute Gasteiger partial charge is 0.341 e. The molecule has 0 radical (unpaired) electrons. The van der Waals surface area contributed by atoms with Gasteiger partial charge in [0.15, 0.2) is 0 Å². The number of carbonyl (C=O) groups is 3. The molecule has 3 aromatic rings. The van der Waals surface area contributed by atoms with Gasteiger partial charge in [0.05, 0.1) is 34.7 Å². The maximum Gasteiger partial charge on any atom is 0.341 e. The molecule has 1 aromatic heterocycles. The molecular weight excluding hydrogens is 459 g/mol. The molecular formula is C22H18Cl2N2O4S. The van der Waals surface area contributed by atoms with Gasteiger partial charge in [0, 0.05) is 5.02 Å². The fraction of sp³-hybridized carbons (Fsp3) is 0.136. The van der Waals surface area contributed by atoms with Crippen LogP contribution in [0.5, 0.6) is 0 Å². The summed E-state index contributed by atoms with van der Waals surface area (Å²) < 4.78 is 4.85. The summed E-state index contributed by atoms with van der Waals surface area (Å²) in [5.41, 5.74) is 1.68. The molecule has 9 heteroatoms. The van der Waals surface area contributed by atoms with E-state index in [9.17, 15) is 14.4 Å². The summed E-state index contributed by atoms with van der Waals surface area (Å²) in [6.45, 7) is 1.62. The van der Waals surface area contributed by atoms with Gasteiger partial charge < -0.3 is 15.4 Å². The predicted octanol–water partition coefficient (Wildman–Crippen LogP) is 5.58. The first-order valence-corrected chi connectivity index (χ1v) is 10.7. The first-order chi connectivity index (χ1) is 14.8. The lowest BCUT2D eigenvalue weighted by Gasteiger charge is -2.07. The molecule has 0 saturated heterocycles. The lowest BCUT2D eigenvalue weighted by Crippen LogP contribution is -2.16. The second-order valence-electron chi connectivity index (χ2n) is 6.54. The first-order valence-electron chi connectivity index (χ1n) is 9.12. The minimum Gasteiger partial charge on any atom is -0.465 e. The highest BCUT2D eigenvalue weighted by molar-refractivity contribution is 7.19. The van der Waals surface area contributed by atoms with Gasteiger partial charge in [-0.3, -0.25) is 9.59 Å². The van der Waals surface area contributed by atoms with Crippen LogP contribution in [0, 0.1) is 6.92 Å². The number of anilines is 2. The molecule has 3 rings (SSSR count). The van der Waals surface area contributed by atoms with E-state index < -0.39 is 11.9 Å². The van der Waals surface area contributed by atoms with Crippen LogP contribution in [0.4, 0.5) is 10.7 Å². The third kappa shape index (κ3) is 5.44. The van der Waals surface area contributed by atoms with Crippen molar-refractivity contribution in [3.8, 4) is 0 Å². The van der Waals surface area contributed by atoms with E-state index in [0.717, 1.165) is 16.9 Å². The second kappa shape index (κ2) is 9.96. The number of amides is 2. The molecule has 2 aromatic carbocycles. The summed E-state index contributed by atoms with van der Waals surface area (Å²) >= 11 is 13.1. The summed E-state index contributed by atoms with van der Waals surface area (Å²) in [4.78, 5) is 38.0. The van der Waals surface area contributed by atoms with E-state index in [0.29, 0.717) is 21.3 Å². The van der Waals surface area contributed by atoms with Crippen LogP contribution < -0.4 is 10.6 Å². The van der Waals surface area contributed by atoms with Gasteiger partial charge >= 0.3 is 5.97 Å². The number of nitrogens with one attached hydrogen (secondary N) is 2. The fourth-order valence-corrected chi connectivity index (χ4v) is 4.33. The van der Waals surface area contributed by atoms with E-state index >= 15 is 0 Å². The Kier molecular flexibility index (Phi) is 7.33. The molecule has 0 aliphatic carbocycles. The highest BCUT2D eigenvalue weighted by Crippen LogP contribution is 2.35. The zero-order chi connectivity index (χ0) is 22.5. The Labute approximate surface area is 193 Å². The van der Waals surface area contributed by atoms with Gasteiger partial charge in [-0.2, -0.15) is 0 Å². The van der Waals surface area contributed by atoms with Crippen LogP contribution in [0.3, 0.4) is 0 Å². The van der Waals surface area contributed by atoms with Crippen molar-refractivity contribution < 1.29 is 19.1 Å². The third-order valence-corrected chi connectivity index (χ3v) is 6.15. The maximum atomic E-state index is 12.9. The normalized spacial score (nSPS) is 10.5. The Balaban J connectivity index is 1.88. The average Bonchev–Trinajstić information content (AvgIpc) is 3.06. The molecule has 0 aliphatic rings. The van der Waals surface area contributed by atoms with Crippen LogP contribution in [0.2, 0.25) is 10.0 Å². The highest BCUT2D eigenvalue weighted by Gasteiger charge is 2.26. The van der Waals surface area contributed by atoms with E-state index in [1.54, 1.807) is 19.1 Å². The highest BCUT2D eigenvalue weighted by atomic mass is 35.5. The molecule has 0 bridgehead atoms. The Hall–Kier alpha value is -2.87. The Bertz CT molecular complexity index is 1150. The number of hydrogen-bond acceptors (Lipinski definition) is 5. The van der Waals surface area contributed by atoms with E-state index in [2.05, 4.69) is 10.6 Å². The number of halogens is 2. The topological polar surface area (TPSA) is 84.5 Å². The largest absolute Gasteiger partial charge is 0.465 e. The fourth-order valence-electron chi connectivity index (χ4n) is 2.89. The van der Waals surface area contributed by atoms with E-state index in [-0.39, 0.29) is 27.8 Å². The molecule has 2 N–H and O–H groups in total. The molecule has 0 unspecified atom stereocenters. The number of rotatable bonds is 6. The number of esters is 1. The van der Waals surface area contributed by atoms with Crippen LogP contribution in [0.15, 0.2) is 48.5 Å². The number of hydrogen-bond donors (Lipinski definition) is 2. The van der Waals surface area contributed by atoms with E-state index in [4.69, 9.17) is 27.9 Å². The van der Waals surface area contributed by atoms with Crippen molar-refractivity contribution in [3.05, 3.63) is 80.1 Å². The van der Waals surface area contributed by atoms with Crippen LogP contribution in [0.25, 0.3) is 0 Å². The lowest BCUT2D eigenvalue weighted by atomic mass is 10.1. The number of ether oxygens (including phenoxy) is 1. The van der Waals surface area contributed by atoms with Crippen molar-refractivity contribution in [3.63, 3.8) is 0 Å². The average molecular weight is 477 g/mol. The van der Waals surface area contributed by atoms with Gasteiger partial charge in [-0.25, -0.2) is 4.79 Å². The quantitative estimate of drug-likeness (QED) is 0.454. The van der Waals surface area contributed by atoms with Crippen molar-refractivity contribution in [2.24, 2.45) is 0 Å². The van der Waals surface area contributed by atoms with Gasteiger partial charge in [0.25, 0.3) is 5.91 Å². The number of benzene rings is 2. The number of methoxy groups -OCH3 is 1. The molecule has 0 fully saturated rings. The van der Waals surface area contributed by atoms with Crippen molar-refractivity contribution in [1.29, 1.82) is 0 Å². The number of carbonyl (C=O) groups excluding carboxylic acids is 3. The van der Waals surface area contributed by atoms with Gasteiger partial charge in [0.2, 0.25) is 5.91 Å². The Morgan fingerprint density at radius 1 is 1.03 bits per heavy atom. The second-order valence-corrected chi connectivity index (χ2v) is 8.40. The monoisotopic (exact) mass is 476 g/mol. The maximum absolute atomic E-state index is 12.9. The SMILES string of the molecule is COC(=O)c1c(NC(=O)Cc2ccccc2)sc(C(=O)Nc2cc(Cl)ccc2Cl)c1C. The van der Waals surface area contributed by atoms with Crippen LogP contribution in [-0.2, 0) is 16.0 Å². The lowest BCUT2D eigenvalue weighted by molar-refractivity contribution is -0.115. The number of thiophene rings is 1. The molecule has 31 heavy (non-hydrogen) atoms. The third-order valence-electron chi connectivity index (χ3n) is 4.38. The summed E-state index contributed by atoms with van der Waals surface area (Å²) in [6.07, 6.45) is 0.123. The molecule has 0 saturated carbocycles. The minimum atomic E-state index is -0.649. The van der Waals surface area contributed by atoms with Crippen molar-refractivity contribution >= 4 is 63.0 Å². The Morgan fingerprint density at radius 2 is 1.74 bits per heavy atom. The summed E-state index contributed by atoms with van der Waals surface area (Å²) in [7, 11) is 1.24. The van der Waals surface area contributed by atoms with Crippen molar-refractivity contribution in [2.45, 2.75) is 13.3 Å². The standard InChI is InChI=1S/C22H18Cl2N2O4S/c1-12-18(22(29)30-2)21(26-17(27)10-13-6-4-3-5-7-13)31-19(12)20(28)25-16-11-14(23)8-9-15(16)24/h3-9,11H,10H2,1-2H3,(H,25,28)(H,26,27). The molecule has 160 valence electrons. The summed E-state index contributed by atoms with van der Waals surface area (Å²) in [6, 6.07) is 13.9. The van der Waals surface area contributed by atoms with Gasteiger partial charge in [-0.1, -0.05) is 53.5 Å². The van der Waals surface area contributed by atoms with Gasteiger partial charge in [0.1, 0.15) is 5.00 Å². The van der Waals surface area contributed by atoms with Crippen LogP contribution in [0.1, 0.15) is 31.2 Å². The minimum absolute atomic E-state index is 0.123. The summed E-state index contributed by atoms with van der Waals surface area (Å²) in [5, 5.41) is 6.38. The van der Waals surface area contributed by atoms with Crippen LogP contribution in [-0.4, -0.2) is 24.9 Å². The predicted molar refractivity (Wildman–Crippen MR) is 124 cm³/mol. The van der Waals surface area contributed by atoms with Gasteiger partial charge in [-0.05, 0) is 36.2 Å². The summed E-state index contributed by atoms with van der Waals surface area (Å²) in [5.74, 6) is -1.45. The van der Waals surface area contributed by atoms with Gasteiger partial charge in [-0.15, -0.1) is 11.3 Å². The molecule has 1 heterocycles. The van der Waals surface area contributed by atoms with Crippen LogP contribution >= 0.6 is 34.5 Å². The molecule has 6 nitrogen and oxygen atoms in total. The molecule has 0 aliphatic heterocycles. The molecule has 0 atom stereocenters. The zero-order valence-electron chi connectivity index (χ0n) is 16.6. The van der Waals surface area contributed by atoms with Crippen molar-refractivity contribution in [1.82, 2.24) is 0 Å². The Morgan fingerprint density at radius 3 is 2.42 bits per heavy atom. The van der Waals surface area contributed by atoms with E-state index in [1.165, 1.54) is 13.2 Å². The first kappa shape index (κ1) is 22.8. The molecule has 2 amide bonds. The molecule has 0 spiro atoms. The zero-order valence-corrected chi connectivity index (χ0v) is 19.0. The van der Waals surface area contributed by atoms with E-state index in [1.807, 2.05) is 30.3 Å². The van der Waals surface area contributed by atoms with Crippen molar-refractivity contribution in [2.75, 3.05) is 17.7 Å².